The van der Waals surface area contributed by atoms with Crippen molar-refractivity contribution >= 4 is 0 Å². The summed E-state index contributed by atoms with van der Waals surface area (Å²) in [5.41, 5.74) is 2.28. The standard InChI is InChI=1S/C20H23N5O/c1-26-20-9-5-8-17(21-20)15-24-11-10-19-22-18(23-25(19)13-12-24)14-16-6-3-2-4-7-16/h2-9H,10-15H2,1H3. The number of nitrogens with zero attached hydrogens (tertiary/aromatic N) is 5. The minimum Gasteiger partial charge on any atom is -0.481 e. The Morgan fingerprint density at radius 3 is 2.69 bits per heavy atom. The van der Waals surface area contributed by atoms with E-state index in [-0.39, 0.29) is 0 Å². The van der Waals surface area contributed by atoms with Crippen LogP contribution in [0.15, 0.2) is 48.5 Å². The minimum atomic E-state index is 0.664. The molecule has 0 radical (unpaired) electrons. The molecule has 0 saturated carbocycles. The van der Waals surface area contributed by atoms with Crippen LogP contribution in [0.5, 0.6) is 5.88 Å². The van der Waals surface area contributed by atoms with E-state index in [0.29, 0.717) is 5.88 Å². The molecule has 0 unspecified atom stereocenters. The first kappa shape index (κ1) is 16.7. The van der Waals surface area contributed by atoms with Gasteiger partial charge in [-0.15, -0.1) is 0 Å². The maximum atomic E-state index is 5.22. The van der Waals surface area contributed by atoms with Crippen molar-refractivity contribution in [2.24, 2.45) is 0 Å². The van der Waals surface area contributed by atoms with Gasteiger partial charge in [0.2, 0.25) is 5.88 Å². The Hall–Kier alpha value is -2.73. The molecule has 0 spiro atoms. The number of benzene rings is 1. The molecule has 3 heterocycles. The zero-order valence-electron chi connectivity index (χ0n) is 15.0. The average Bonchev–Trinajstić information content (AvgIpc) is 2.97. The monoisotopic (exact) mass is 349 g/mol. The Bertz CT molecular complexity index is 836. The van der Waals surface area contributed by atoms with Crippen molar-refractivity contribution in [1.82, 2.24) is 24.6 Å². The van der Waals surface area contributed by atoms with Crippen LogP contribution < -0.4 is 4.74 Å². The summed E-state index contributed by atoms with van der Waals surface area (Å²) in [6.07, 6.45) is 1.70. The van der Waals surface area contributed by atoms with Crippen LogP contribution >= 0.6 is 0 Å². The fourth-order valence-corrected chi connectivity index (χ4v) is 3.30. The average molecular weight is 349 g/mol. The van der Waals surface area contributed by atoms with E-state index in [1.54, 1.807) is 7.11 Å². The summed E-state index contributed by atoms with van der Waals surface area (Å²) in [5, 5.41) is 4.72. The number of methoxy groups -OCH3 is 1. The van der Waals surface area contributed by atoms with Crippen molar-refractivity contribution in [3.63, 3.8) is 0 Å². The van der Waals surface area contributed by atoms with Crippen LogP contribution in [0.3, 0.4) is 0 Å². The topological polar surface area (TPSA) is 56.1 Å². The largest absolute Gasteiger partial charge is 0.481 e. The molecule has 134 valence electrons. The van der Waals surface area contributed by atoms with Gasteiger partial charge in [-0.05, 0) is 11.6 Å². The number of rotatable bonds is 5. The van der Waals surface area contributed by atoms with E-state index in [1.165, 1.54) is 5.56 Å². The molecular formula is C20H23N5O. The number of fused-ring (bicyclic) bond motifs is 1. The first-order valence-electron chi connectivity index (χ1n) is 8.99. The lowest BCUT2D eigenvalue weighted by atomic mass is 10.1. The molecule has 1 aliphatic rings. The Balaban J connectivity index is 1.39. The van der Waals surface area contributed by atoms with Gasteiger partial charge in [0, 0.05) is 38.5 Å². The Morgan fingerprint density at radius 1 is 0.962 bits per heavy atom. The summed E-state index contributed by atoms with van der Waals surface area (Å²) in [5.74, 6) is 2.66. The van der Waals surface area contributed by atoms with Gasteiger partial charge in [0.1, 0.15) is 5.82 Å². The summed E-state index contributed by atoms with van der Waals surface area (Å²) < 4.78 is 7.28. The molecule has 0 fully saturated rings. The second-order valence-electron chi connectivity index (χ2n) is 6.53. The van der Waals surface area contributed by atoms with Gasteiger partial charge in [-0.3, -0.25) is 4.90 Å². The molecule has 2 aromatic heterocycles. The molecule has 0 N–H and O–H groups in total. The van der Waals surface area contributed by atoms with Gasteiger partial charge >= 0.3 is 0 Å². The fourth-order valence-electron chi connectivity index (χ4n) is 3.30. The van der Waals surface area contributed by atoms with Gasteiger partial charge in [-0.1, -0.05) is 36.4 Å². The summed E-state index contributed by atoms with van der Waals surface area (Å²) >= 11 is 0. The maximum Gasteiger partial charge on any atom is 0.213 e. The molecular weight excluding hydrogens is 326 g/mol. The predicted octanol–water partition coefficient (Wildman–Crippen LogP) is 2.33. The third-order valence-corrected chi connectivity index (χ3v) is 4.65. The molecule has 3 aromatic rings. The highest BCUT2D eigenvalue weighted by Crippen LogP contribution is 2.14. The summed E-state index contributed by atoms with van der Waals surface area (Å²) in [4.78, 5) is 11.7. The van der Waals surface area contributed by atoms with Crippen molar-refractivity contribution in [2.75, 3.05) is 20.2 Å². The lowest BCUT2D eigenvalue weighted by Gasteiger charge is -2.18. The van der Waals surface area contributed by atoms with Crippen molar-refractivity contribution in [1.29, 1.82) is 0 Å². The second kappa shape index (κ2) is 7.66. The van der Waals surface area contributed by atoms with Crippen molar-refractivity contribution in [3.05, 3.63) is 71.4 Å². The number of aromatic nitrogens is 4. The molecule has 0 amide bonds. The lowest BCUT2D eigenvalue weighted by Crippen LogP contribution is -2.27. The Labute approximate surface area is 153 Å². The quantitative estimate of drug-likeness (QED) is 0.708. The molecule has 6 heteroatoms. The van der Waals surface area contributed by atoms with Crippen LogP contribution in [0.2, 0.25) is 0 Å². The molecule has 0 bridgehead atoms. The van der Waals surface area contributed by atoms with Crippen LogP contribution in [-0.4, -0.2) is 44.8 Å². The van der Waals surface area contributed by atoms with E-state index in [1.807, 2.05) is 24.3 Å². The summed E-state index contributed by atoms with van der Waals surface area (Å²) in [6.45, 7) is 3.59. The number of ether oxygens (including phenoxy) is 1. The van der Waals surface area contributed by atoms with E-state index in [9.17, 15) is 0 Å². The SMILES string of the molecule is COc1cccc(CN2CCc3nc(Cc4ccccc4)nn3CC2)n1. The van der Waals surface area contributed by atoms with Crippen LogP contribution in [0.1, 0.15) is 22.9 Å². The maximum absolute atomic E-state index is 5.22. The molecule has 0 saturated heterocycles. The van der Waals surface area contributed by atoms with Crippen LogP contribution in [0, 0.1) is 0 Å². The first-order valence-corrected chi connectivity index (χ1v) is 8.99. The molecule has 4 rings (SSSR count). The van der Waals surface area contributed by atoms with Crippen LogP contribution in [0.25, 0.3) is 0 Å². The Morgan fingerprint density at radius 2 is 1.85 bits per heavy atom. The van der Waals surface area contributed by atoms with Crippen molar-refractivity contribution in [2.45, 2.75) is 25.9 Å². The summed E-state index contributed by atoms with van der Waals surface area (Å²) in [7, 11) is 1.65. The predicted molar refractivity (Wildman–Crippen MR) is 99.0 cm³/mol. The van der Waals surface area contributed by atoms with E-state index >= 15 is 0 Å². The van der Waals surface area contributed by atoms with E-state index in [4.69, 9.17) is 14.8 Å². The molecule has 0 atom stereocenters. The highest BCUT2D eigenvalue weighted by molar-refractivity contribution is 5.19. The van der Waals surface area contributed by atoms with Crippen molar-refractivity contribution < 1.29 is 4.74 Å². The van der Waals surface area contributed by atoms with E-state index in [2.05, 4.69) is 38.8 Å². The zero-order valence-corrected chi connectivity index (χ0v) is 15.0. The summed E-state index contributed by atoms with van der Waals surface area (Å²) in [6, 6.07) is 16.3. The smallest absolute Gasteiger partial charge is 0.213 e. The third kappa shape index (κ3) is 3.91. The number of hydrogen-bond donors (Lipinski definition) is 0. The van der Waals surface area contributed by atoms with E-state index in [0.717, 1.165) is 56.4 Å². The van der Waals surface area contributed by atoms with Gasteiger partial charge < -0.3 is 4.74 Å². The molecule has 0 aliphatic carbocycles. The zero-order chi connectivity index (χ0) is 17.8. The fraction of sp³-hybridized carbons (Fsp3) is 0.350. The Kier molecular flexibility index (Phi) is 4.93. The minimum absolute atomic E-state index is 0.664. The van der Waals surface area contributed by atoms with Gasteiger partial charge in [-0.25, -0.2) is 14.6 Å². The molecule has 1 aromatic carbocycles. The second-order valence-corrected chi connectivity index (χ2v) is 6.53. The van der Waals surface area contributed by atoms with E-state index < -0.39 is 0 Å². The van der Waals surface area contributed by atoms with Crippen LogP contribution in [-0.2, 0) is 25.9 Å². The molecule has 1 aliphatic heterocycles. The van der Waals surface area contributed by atoms with Crippen LogP contribution in [0.4, 0.5) is 0 Å². The highest BCUT2D eigenvalue weighted by Gasteiger charge is 2.18. The third-order valence-electron chi connectivity index (χ3n) is 4.65. The highest BCUT2D eigenvalue weighted by atomic mass is 16.5. The normalized spacial score (nSPS) is 14.7. The lowest BCUT2D eigenvalue weighted by molar-refractivity contribution is 0.264. The number of hydrogen-bond acceptors (Lipinski definition) is 5. The van der Waals surface area contributed by atoms with Gasteiger partial charge in [0.15, 0.2) is 5.82 Å². The molecule has 6 nitrogen and oxygen atoms in total. The first-order chi connectivity index (χ1) is 12.8. The van der Waals surface area contributed by atoms with Gasteiger partial charge in [0.25, 0.3) is 0 Å². The number of pyridine rings is 1. The van der Waals surface area contributed by atoms with Gasteiger partial charge in [-0.2, -0.15) is 5.10 Å². The van der Waals surface area contributed by atoms with Crippen molar-refractivity contribution in [3.8, 4) is 5.88 Å². The molecule has 26 heavy (non-hydrogen) atoms. The van der Waals surface area contributed by atoms with Gasteiger partial charge in [0.05, 0.1) is 19.3 Å².